The Bertz CT molecular complexity index is 795. The lowest BCUT2D eigenvalue weighted by Crippen LogP contribution is -2.49. The van der Waals surface area contributed by atoms with Crippen LogP contribution in [0.25, 0.3) is 0 Å². The number of benzene rings is 1. The summed E-state index contributed by atoms with van der Waals surface area (Å²) in [5.74, 6) is -1.84. The average molecular weight is 384 g/mol. The van der Waals surface area contributed by atoms with Crippen molar-refractivity contribution in [2.75, 3.05) is 13.1 Å². The van der Waals surface area contributed by atoms with Crippen molar-refractivity contribution in [2.24, 2.45) is 0 Å². The van der Waals surface area contributed by atoms with Gasteiger partial charge in [-0.1, -0.05) is 6.07 Å². The molecule has 2 N–H and O–H groups in total. The van der Waals surface area contributed by atoms with Crippen molar-refractivity contribution in [3.05, 3.63) is 29.8 Å². The minimum absolute atomic E-state index is 0.0143. The Morgan fingerprint density at radius 2 is 1.81 bits per heavy atom. The largest absolute Gasteiger partial charge is 0.480 e. The van der Waals surface area contributed by atoms with E-state index in [0.29, 0.717) is 0 Å². The van der Waals surface area contributed by atoms with Crippen LogP contribution in [-0.2, 0) is 19.6 Å². The maximum absolute atomic E-state index is 12.9. The number of morpholine rings is 1. The molecule has 1 aromatic carbocycles. The summed E-state index contributed by atoms with van der Waals surface area (Å²) in [5.41, 5.74) is -1.39. The second kappa shape index (κ2) is 7.34. The second-order valence-electron chi connectivity index (χ2n) is 6.99. The molecule has 0 aromatic heterocycles. The first-order chi connectivity index (χ1) is 11.9. The molecule has 1 aliphatic heterocycles. The summed E-state index contributed by atoms with van der Waals surface area (Å²) in [5, 5.41) is 11.5. The second-order valence-corrected chi connectivity index (χ2v) is 8.93. The highest BCUT2D eigenvalue weighted by Crippen LogP contribution is 2.22. The van der Waals surface area contributed by atoms with Gasteiger partial charge in [0.15, 0.2) is 0 Å². The first-order valence-corrected chi connectivity index (χ1v) is 9.69. The minimum atomic E-state index is -3.79. The molecule has 2 unspecified atom stereocenters. The molecule has 2 atom stereocenters. The zero-order chi connectivity index (χ0) is 19.7. The molecule has 1 saturated heterocycles. The Morgan fingerprint density at radius 1 is 1.23 bits per heavy atom. The predicted octanol–water partition coefficient (Wildman–Crippen LogP) is 1.08. The quantitative estimate of drug-likeness (QED) is 0.785. The fraction of sp³-hybridized carbons (Fsp3) is 0.529. The summed E-state index contributed by atoms with van der Waals surface area (Å²) in [7, 11) is -3.79. The highest BCUT2D eigenvalue weighted by Gasteiger charge is 2.33. The Labute approximate surface area is 153 Å². The molecule has 2 rings (SSSR count). The van der Waals surface area contributed by atoms with E-state index in [2.05, 4.69) is 5.32 Å². The molecule has 1 aromatic rings. The molecule has 9 heteroatoms. The summed E-state index contributed by atoms with van der Waals surface area (Å²) < 4.78 is 32.7. The lowest BCUT2D eigenvalue weighted by atomic mass is 10.1. The molecule has 1 fully saturated rings. The minimum Gasteiger partial charge on any atom is -0.480 e. The summed E-state index contributed by atoms with van der Waals surface area (Å²) in [6, 6.07) is 5.58. The fourth-order valence-electron chi connectivity index (χ4n) is 2.68. The van der Waals surface area contributed by atoms with Crippen LogP contribution >= 0.6 is 0 Å². The monoisotopic (exact) mass is 384 g/mol. The summed E-state index contributed by atoms with van der Waals surface area (Å²) >= 11 is 0. The van der Waals surface area contributed by atoms with Crippen LogP contribution in [0.2, 0.25) is 0 Å². The first kappa shape index (κ1) is 20.3. The van der Waals surface area contributed by atoms with Gasteiger partial charge in [-0.25, -0.2) is 13.2 Å². The van der Waals surface area contributed by atoms with E-state index in [9.17, 15) is 18.0 Å². The Kier molecular flexibility index (Phi) is 5.74. The molecule has 1 amide bonds. The van der Waals surface area contributed by atoms with E-state index in [-0.39, 0.29) is 35.8 Å². The van der Waals surface area contributed by atoms with Gasteiger partial charge in [0.25, 0.3) is 5.91 Å². The lowest BCUT2D eigenvalue weighted by molar-refractivity contribution is -0.143. The van der Waals surface area contributed by atoms with Crippen molar-refractivity contribution in [3.63, 3.8) is 0 Å². The van der Waals surface area contributed by atoms with Crippen LogP contribution in [0.15, 0.2) is 29.2 Å². The third-order valence-electron chi connectivity index (χ3n) is 4.08. The van der Waals surface area contributed by atoms with E-state index in [1.54, 1.807) is 13.8 Å². The van der Waals surface area contributed by atoms with E-state index >= 15 is 0 Å². The number of hydrogen-bond acceptors (Lipinski definition) is 5. The van der Waals surface area contributed by atoms with E-state index in [0.717, 1.165) is 0 Å². The van der Waals surface area contributed by atoms with Crippen molar-refractivity contribution in [3.8, 4) is 0 Å². The SMILES string of the molecule is CC1CN(S(=O)(=O)c2cccc(C(=O)NC(C)(C)C(=O)O)c2)CC(C)O1. The Morgan fingerprint density at radius 3 is 2.35 bits per heavy atom. The van der Waals surface area contributed by atoms with Gasteiger partial charge in [-0.05, 0) is 45.9 Å². The summed E-state index contributed by atoms with van der Waals surface area (Å²) in [6.07, 6.45) is -0.451. The van der Waals surface area contributed by atoms with E-state index in [1.165, 1.54) is 42.4 Å². The van der Waals surface area contributed by atoms with Crippen LogP contribution in [0.4, 0.5) is 0 Å². The van der Waals surface area contributed by atoms with Crippen LogP contribution < -0.4 is 5.32 Å². The molecular formula is C17H24N2O6S. The molecule has 8 nitrogen and oxygen atoms in total. The van der Waals surface area contributed by atoms with Crippen molar-refractivity contribution >= 4 is 21.9 Å². The van der Waals surface area contributed by atoms with Gasteiger partial charge < -0.3 is 15.2 Å². The maximum Gasteiger partial charge on any atom is 0.328 e. The highest BCUT2D eigenvalue weighted by molar-refractivity contribution is 7.89. The van der Waals surface area contributed by atoms with Crippen LogP contribution in [-0.4, -0.2) is 60.5 Å². The topological polar surface area (TPSA) is 113 Å². The number of sulfonamides is 1. The number of carboxylic acids is 1. The third-order valence-corrected chi connectivity index (χ3v) is 5.91. The number of aliphatic carboxylic acids is 1. The zero-order valence-electron chi connectivity index (χ0n) is 15.2. The van der Waals surface area contributed by atoms with Gasteiger partial charge in [-0.15, -0.1) is 0 Å². The molecule has 0 radical (unpaired) electrons. The number of carbonyl (C=O) groups is 2. The molecule has 1 heterocycles. The van der Waals surface area contributed by atoms with Gasteiger partial charge in [-0.2, -0.15) is 4.31 Å². The van der Waals surface area contributed by atoms with Gasteiger partial charge >= 0.3 is 5.97 Å². The molecule has 0 aliphatic carbocycles. The van der Waals surface area contributed by atoms with Gasteiger partial charge in [0, 0.05) is 18.7 Å². The van der Waals surface area contributed by atoms with Gasteiger partial charge in [0.05, 0.1) is 17.1 Å². The van der Waals surface area contributed by atoms with Crippen LogP contribution in [0, 0.1) is 0 Å². The molecular weight excluding hydrogens is 360 g/mol. The van der Waals surface area contributed by atoms with Gasteiger partial charge in [-0.3, -0.25) is 4.79 Å². The molecule has 0 bridgehead atoms. The van der Waals surface area contributed by atoms with E-state index < -0.39 is 27.4 Å². The van der Waals surface area contributed by atoms with Crippen molar-refractivity contribution in [1.82, 2.24) is 9.62 Å². The number of ether oxygens (including phenoxy) is 1. The molecule has 1 aliphatic rings. The van der Waals surface area contributed by atoms with Crippen LogP contribution in [0.5, 0.6) is 0 Å². The number of nitrogens with zero attached hydrogens (tertiary/aromatic N) is 1. The van der Waals surface area contributed by atoms with E-state index in [4.69, 9.17) is 9.84 Å². The number of carbonyl (C=O) groups excluding carboxylic acids is 1. The molecule has 0 saturated carbocycles. The maximum atomic E-state index is 12.9. The number of carboxylic acid groups (broad SMARTS) is 1. The number of amides is 1. The molecule has 26 heavy (non-hydrogen) atoms. The smallest absolute Gasteiger partial charge is 0.328 e. The summed E-state index contributed by atoms with van der Waals surface area (Å²) in [4.78, 5) is 23.5. The molecule has 0 spiro atoms. The Balaban J connectivity index is 2.28. The van der Waals surface area contributed by atoms with Crippen molar-refractivity contribution in [1.29, 1.82) is 0 Å². The first-order valence-electron chi connectivity index (χ1n) is 8.25. The number of nitrogens with one attached hydrogen (secondary N) is 1. The van der Waals surface area contributed by atoms with Crippen LogP contribution in [0.1, 0.15) is 38.1 Å². The lowest BCUT2D eigenvalue weighted by Gasteiger charge is -2.34. The third kappa shape index (κ3) is 4.40. The van der Waals surface area contributed by atoms with E-state index in [1.807, 2.05) is 0 Å². The predicted molar refractivity (Wildman–Crippen MR) is 94.4 cm³/mol. The highest BCUT2D eigenvalue weighted by atomic mass is 32.2. The van der Waals surface area contributed by atoms with Crippen LogP contribution in [0.3, 0.4) is 0 Å². The van der Waals surface area contributed by atoms with Crippen molar-refractivity contribution in [2.45, 2.75) is 50.3 Å². The van der Waals surface area contributed by atoms with Crippen molar-refractivity contribution < 1.29 is 27.9 Å². The Hall–Kier alpha value is -1.97. The normalized spacial score (nSPS) is 22.0. The zero-order valence-corrected chi connectivity index (χ0v) is 16.0. The molecule has 144 valence electrons. The van der Waals surface area contributed by atoms with Gasteiger partial charge in [0.2, 0.25) is 10.0 Å². The number of hydrogen-bond donors (Lipinski definition) is 2. The standard InChI is InChI=1S/C17H24N2O6S/c1-11-9-19(10-12(2)25-11)26(23,24)14-7-5-6-13(8-14)15(20)18-17(3,4)16(21)22/h5-8,11-12H,9-10H2,1-4H3,(H,18,20)(H,21,22). The summed E-state index contributed by atoms with van der Waals surface area (Å²) in [6.45, 7) is 6.77. The average Bonchev–Trinajstić information content (AvgIpc) is 2.53. The number of rotatable bonds is 5. The van der Waals surface area contributed by atoms with Gasteiger partial charge in [0.1, 0.15) is 5.54 Å². The fourth-order valence-corrected chi connectivity index (χ4v) is 4.32.